The highest BCUT2D eigenvalue weighted by Crippen LogP contribution is 2.19. The van der Waals surface area contributed by atoms with Gasteiger partial charge in [0.05, 0.1) is 6.61 Å². The van der Waals surface area contributed by atoms with E-state index in [0.717, 1.165) is 23.6 Å². The Morgan fingerprint density at radius 3 is 2.30 bits per heavy atom. The van der Waals surface area contributed by atoms with Gasteiger partial charge in [-0.15, -0.1) is 0 Å². The van der Waals surface area contributed by atoms with Crippen molar-refractivity contribution in [2.45, 2.75) is 39.5 Å². The largest absolute Gasteiger partial charge is 0.491 e. The number of aryl methyl sites for hydroxylation is 1. The molecule has 0 aliphatic carbocycles. The van der Waals surface area contributed by atoms with Gasteiger partial charge in [0.25, 0.3) is 0 Å². The Labute approximate surface area is 138 Å². The molecule has 0 unspecified atom stereocenters. The fourth-order valence-electron chi connectivity index (χ4n) is 2.28. The maximum absolute atomic E-state index is 5.61. The number of benzene rings is 1. The molecule has 124 valence electrons. The van der Waals surface area contributed by atoms with Crippen LogP contribution in [0.5, 0.6) is 5.75 Å². The summed E-state index contributed by atoms with van der Waals surface area (Å²) in [6.07, 6.45) is 8.62. The molecule has 0 amide bonds. The molecule has 0 aliphatic rings. The third-order valence-electron chi connectivity index (χ3n) is 3.59. The first-order valence-electron chi connectivity index (χ1n) is 8.45. The third-order valence-corrected chi connectivity index (χ3v) is 3.59. The Hall–Kier alpha value is -1.94. The van der Waals surface area contributed by atoms with Crippen LogP contribution in [0.2, 0.25) is 0 Å². The Bertz CT molecular complexity index is 553. The third kappa shape index (κ3) is 5.99. The van der Waals surface area contributed by atoms with Crippen molar-refractivity contribution in [3.8, 4) is 17.1 Å². The van der Waals surface area contributed by atoms with Crippen molar-refractivity contribution in [1.29, 1.82) is 0 Å². The monoisotopic (exact) mass is 314 g/mol. The summed E-state index contributed by atoms with van der Waals surface area (Å²) in [5.74, 6) is 1.59. The Kier molecular flexibility index (Phi) is 7.54. The van der Waals surface area contributed by atoms with Gasteiger partial charge in [-0.05, 0) is 49.6 Å². The maximum atomic E-state index is 5.61. The van der Waals surface area contributed by atoms with Gasteiger partial charge < -0.3 is 9.47 Å². The van der Waals surface area contributed by atoms with Gasteiger partial charge in [0.2, 0.25) is 0 Å². The van der Waals surface area contributed by atoms with Crippen LogP contribution in [0.25, 0.3) is 11.4 Å². The summed E-state index contributed by atoms with van der Waals surface area (Å²) < 4.78 is 10.9. The molecule has 0 atom stereocenters. The number of rotatable bonds is 10. The average molecular weight is 314 g/mol. The number of ether oxygens (including phenoxy) is 2. The van der Waals surface area contributed by atoms with Crippen molar-refractivity contribution in [3.63, 3.8) is 0 Å². The predicted octanol–water partition coefficient (Wildman–Crippen LogP) is 4.29. The summed E-state index contributed by atoms with van der Waals surface area (Å²) in [5.41, 5.74) is 2.21. The molecule has 0 spiro atoms. The summed E-state index contributed by atoms with van der Waals surface area (Å²) >= 11 is 0. The van der Waals surface area contributed by atoms with Crippen molar-refractivity contribution in [1.82, 2.24) is 9.97 Å². The molecule has 1 heterocycles. The van der Waals surface area contributed by atoms with Crippen LogP contribution in [0.4, 0.5) is 0 Å². The Morgan fingerprint density at radius 2 is 1.65 bits per heavy atom. The predicted molar refractivity (Wildman–Crippen MR) is 92.7 cm³/mol. The molecule has 0 saturated carbocycles. The van der Waals surface area contributed by atoms with Crippen molar-refractivity contribution in [3.05, 3.63) is 42.2 Å². The first-order valence-corrected chi connectivity index (χ1v) is 8.45. The number of hydrogen-bond donors (Lipinski definition) is 0. The van der Waals surface area contributed by atoms with Crippen molar-refractivity contribution >= 4 is 0 Å². The zero-order chi connectivity index (χ0) is 16.3. The summed E-state index contributed by atoms with van der Waals surface area (Å²) in [5, 5.41) is 0. The lowest BCUT2D eigenvalue weighted by atomic mass is 10.1. The number of unbranched alkanes of at least 4 members (excludes halogenated alkanes) is 2. The maximum Gasteiger partial charge on any atom is 0.159 e. The fraction of sp³-hybridized carbons (Fsp3) is 0.474. The second-order valence-corrected chi connectivity index (χ2v) is 5.44. The van der Waals surface area contributed by atoms with Crippen LogP contribution in [0.15, 0.2) is 36.7 Å². The van der Waals surface area contributed by atoms with E-state index in [-0.39, 0.29) is 0 Å². The minimum Gasteiger partial charge on any atom is -0.491 e. The van der Waals surface area contributed by atoms with E-state index in [1.807, 2.05) is 43.6 Å². The van der Waals surface area contributed by atoms with Gasteiger partial charge in [-0.25, -0.2) is 9.97 Å². The van der Waals surface area contributed by atoms with Crippen LogP contribution in [-0.2, 0) is 11.2 Å². The van der Waals surface area contributed by atoms with Gasteiger partial charge in [0, 0.05) is 24.6 Å². The number of nitrogens with zero attached hydrogens (tertiary/aromatic N) is 2. The van der Waals surface area contributed by atoms with Crippen LogP contribution in [-0.4, -0.2) is 29.8 Å². The van der Waals surface area contributed by atoms with Gasteiger partial charge in [0.1, 0.15) is 12.4 Å². The molecule has 23 heavy (non-hydrogen) atoms. The topological polar surface area (TPSA) is 44.2 Å². The van der Waals surface area contributed by atoms with Gasteiger partial charge in [0.15, 0.2) is 5.82 Å². The first kappa shape index (κ1) is 17.4. The molecule has 0 radical (unpaired) electrons. The quantitative estimate of drug-likeness (QED) is 0.614. The number of aromatic nitrogens is 2. The van der Waals surface area contributed by atoms with E-state index in [1.54, 1.807) is 0 Å². The highest BCUT2D eigenvalue weighted by molar-refractivity contribution is 5.55. The molecule has 0 aliphatic heterocycles. The lowest BCUT2D eigenvalue weighted by molar-refractivity contribution is 0.110. The molecule has 1 aromatic carbocycles. The normalized spacial score (nSPS) is 10.7. The smallest absolute Gasteiger partial charge is 0.159 e. The van der Waals surface area contributed by atoms with E-state index in [9.17, 15) is 0 Å². The zero-order valence-corrected chi connectivity index (χ0v) is 14.1. The molecule has 0 fully saturated rings. The first-order chi connectivity index (χ1) is 11.3. The van der Waals surface area contributed by atoms with Crippen molar-refractivity contribution < 1.29 is 9.47 Å². The summed E-state index contributed by atoms with van der Waals surface area (Å²) in [7, 11) is 0. The minimum absolute atomic E-state index is 0.566. The van der Waals surface area contributed by atoms with Crippen molar-refractivity contribution in [2.75, 3.05) is 19.8 Å². The zero-order valence-electron chi connectivity index (χ0n) is 14.1. The van der Waals surface area contributed by atoms with Gasteiger partial charge in [-0.3, -0.25) is 0 Å². The highest BCUT2D eigenvalue weighted by atomic mass is 16.5. The van der Waals surface area contributed by atoms with Crippen LogP contribution in [0, 0.1) is 0 Å². The standard InChI is InChI=1S/C19H26N2O2/c1-3-5-6-7-16-14-20-19(21-15-16)17-8-10-18(11-9-17)23-13-12-22-4-2/h8-11,14-15H,3-7,12-13H2,1-2H3. The summed E-state index contributed by atoms with van der Waals surface area (Å²) in [4.78, 5) is 8.94. The van der Waals surface area contributed by atoms with Gasteiger partial charge in [-0.2, -0.15) is 0 Å². The summed E-state index contributed by atoms with van der Waals surface area (Å²) in [6, 6.07) is 7.86. The van der Waals surface area contributed by atoms with E-state index < -0.39 is 0 Å². The molecule has 0 bridgehead atoms. The van der Waals surface area contributed by atoms with Crippen LogP contribution >= 0.6 is 0 Å². The van der Waals surface area contributed by atoms with E-state index in [1.165, 1.54) is 24.8 Å². The molecule has 4 heteroatoms. The highest BCUT2D eigenvalue weighted by Gasteiger charge is 2.02. The molecule has 4 nitrogen and oxygen atoms in total. The lowest BCUT2D eigenvalue weighted by Gasteiger charge is -2.07. The Balaban J connectivity index is 1.88. The van der Waals surface area contributed by atoms with Gasteiger partial charge in [-0.1, -0.05) is 19.8 Å². The van der Waals surface area contributed by atoms with E-state index in [0.29, 0.717) is 19.8 Å². The molecule has 1 aromatic heterocycles. The van der Waals surface area contributed by atoms with E-state index in [4.69, 9.17) is 9.47 Å². The van der Waals surface area contributed by atoms with Gasteiger partial charge >= 0.3 is 0 Å². The van der Waals surface area contributed by atoms with E-state index >= 15 is 0 Å². The molecular formula is C19H26N2O2. The molecule has 2 rings (SSSR count). The summed E-state index contributed by atoms with van der Waals surface area (Å²) in [6.45, 7) is 6.08. The molecule has 2 aromatic rings. The Morgan fingerprint density at radius 1 is 0.913 bits per heavy atom. The molecular weight excluding hydrogens is 288 g/mol. The molecule has 0 N–H and O–H groups in total. The van der Waals surface area contributed by atoms with Crippen LogP contribution in [0.1, 0.15) is 38.7 Å². The lowest BCUT2D eigenvalue weighted by Crippen LogP contribution is -2.06. The second-order valence-electron chi connectivity index (χ2n) is 5.44. The van der Waals surface area contributed by atoms with E-state index in [2.05, 4.69) is 16.9 Å². The SMILES string of the molecule is CCCCCc1cnc(-c2ccc(OCCOCC)cc2)nc1. The average Bonchev–Trinajstić information content (AvgIpc) is 2.60. The molecule has 0 saturated heterocycles. The number of hydrogen-bond acceptors (Lipinski definition) is 4. The fourth-order valence-corrected chi connectivity index (χ4v) is 2.28. The van der Waals surface area contributed by atoms with Crippen molar-refractivity contribution in [2.24, 2.45) is 0 Å². The second kappa shape index (κ2) is 9.95. The van der Waals surface area contributed by atoms with Crippen LogP contribution < -0.4 is 4.74 Å². The minimum atomic E-state index is 0.566. The van der Waals surface area contributed by atoms with Crippen LogP contribution in [0.3, 0.4) is 0 Å².